The Morgan fingerprint density at radius 2 is 2.00 bits per heavy atom. The van der Waals surface area contributed by atoms with E-state index in [1.54, 1.807) is 30.5 Å². The molecule has 0 atom stereocenters. The summed E-state index contributed by atoms with van der Waals surface area (Å²) in [5.41, 5.74) is 0.845. The maximum atomic E-state index is 12.1. The molecule has 0 saturated heterocycles. The van der Waals surface area contributed by atoms with Gasteiger partial charge in [0.1, 0.15) is 0 Å². The Morgan fingerprint density at radius 1 is 1.17 bits per heavy atom. The highest BCUT2D eigenvalue weighted by Gasteiger charge is 2.08. The van der Waals surface area contributed by atoms with Crippen molar-refractivity contribution < 1.29 is 4.79 Å². The minimum absolute atomic E-state index is 0.193. The number of hydrogen-bond acceptors (Lipinski definition) is 3. The van der Waals surface area contributed by atoms with E-state index in [1.165, 1.54) is 15.1 Å². The van der Waals surface area contributed by atoms with Crippen LogP contribution in [0.2, 0.25) is 10.0 Å². The highest BCUT2D eigenvalue weighted by atomic mass is 35.5. The van der Waals surface area contributed by atoms with Crippen LogP contribution in [0.4, 0.5) is 0 Å². The second-order valence-electron chi connectivity index (χ2n) is 5.17. The van der Waals surface area contributed by atoms with E-state index in [-0.39, 0.29) is 11.6 Å². The number of carbonyl (C=O) groups is 1. The molecule has 3 rings (SSSR count). The van der Waals surface area contributed by atoms with Crippen LogP contribution in [-0.2, 0) is 6.54 Å². The van der Waals surface area contributed by atoms with Gasteiger partial charge in [-0.05, 0) is 36.8 Å². The van der Waals surface area contributed by atoms with Gasteiger partial charge in [-0.15, -0.1) is 5.10 Å². The first-order valence-corrected chi connectivity index (χ1v) is 8.09. The average Bonchev–Trinajstić information content (AvgIpc) is 2.90. The summed E-state index contributed by atoms with van der Waals surface area (Å²) < 4.78 is 2.87. The van der Waals surface area contributed by atoms with Crippen molar-refractivity contribution in [2.45, 2.75) is 13.0 Å². The van der Waals surface area contributed by atoms with Gasteiger partial charge in [0, 0.05) is 24.8 Å². The van der Waals surface area contributed by atoms with Gasteiger partial charge < -0.3 is 5.32 Å². The van der Waals surface area contributed by atoms with Crippen molar-refractivity contribution in [3.05, 3.63) is 68.7 Å². The zero-order valence-corrected chi connectivity index (χ0v) is 14.1. The standard InChI is InChI=1S/C16H14Cl2N4O2/c17-12-6-5-11(10-13(12)18)15(23)19-7-3-9-22-16(24)21-8-2-1-4-14(21)20-22/h1-2,4-6,8,10H,3,7,9H2,(H,19,23). The Bertz CT molecular complexity index is 949. The Balaban J connectivity index is 1.56. The summed E-state index contributed by atoms with van der Waals surface area (Å²) in [5.74, 6) is -0.240. The summed E-state index contributed by atoms with van der Waals surface area (Å²) >= 11 is 11.7. The van der Waals surface area contributed by atoms with Gasteiger partial charge in [-0.2, -0.15) is 0 Å². The SMILES string of the molecule is O=C(NCCCn1nc2ccccn2c1=O)c1ccc(Cl)c(Cl)c1. The summed E-state index contributed by atoms with van der Waals surface area (Å²) in [7, 11) is 0. The van der Waals surface area contributed by atoms with Crippen molar-refractivity contribution in [3.8, 4) is 0 Å². The highest BCUT2D eigenvalue weighted by Crippen LogP contribution is 2.22. The zero-order chi connectivity index (χ0) is 17.1. The van der Waals surface area contributed by atoms with Crippen LogP contribution in [0, 0.1) is 0 Å². The number of hydrogen-bond donors (Lipinski definition) is 1. The van der Waals surface area contributed by atoms with Crippen molar-refractivity contribution in [1.29, 1.82) is 0 Å². The van der Waals surface area contributed by atoms with Crippen LogP contribution in [0.15, 0.2) is 47.4 Å². The molecule has 0 aliphatic carbocycles. The number of benzene rings is 1. The maximum absolute atomic E-state index is 12.1. The van der Waals surface area contributed by atoms with Gasteiger partial charge in [-0.1, -0.05) is 29.3 Å². The summed E-state index contributed by atoms with van der Waals surface area (Å²) in [6.45, 7) is 0.835. The van der Waals surface area contributed by atoms with Gasteiger partial charge in [0.15, 0.2) is 5.65 Å². The summed E-state index contributed by atoms with van der Waals surface area (Å²) in [6, 6.07) is 10.1. The molecule has 0 aliphatic rings. The van der Waals surface area contributed by atoms with Crippen molar-refractivity contribution in [2.24, 2.45) is 0 Å². The van der Waals surface area contributed by atoms with E-state index in [9.17, 15) is 9.59 Å². The largest absolute Gasteiger partial charge is 0.352 e. The third-order valence-corrected chi connectivity index (χ3v) is 4.24. The predicted molar refractivity (Wildman–Crippen MR) is 92.9 cm³/mol. The molecule has 1 aromatic carbocycles. The molecular formula is C16H14Cl2N4O2. The molecule has 6 nitrogen and oxygen atoms in total. The smallest absolute Gasteiger partial charge is 0.350 e. The Labute approximate surface area is 147 Å². The van der Waals surface area contributed by atoms with E-state index >= 15 is 0 Å². The van der Waals surface area contributed by atoms with Gasteiger partial charge in [-0.25, -0.2) is 9.48 Å². The number of aryl methyl sites for hydroxylation is 1. The molecule has 0 unspecified atom stereocenters. The lowest BCUT2D eigenvalue weighted by molar-refractivity contribution is 0.0952. The van der Waals surface area contributed by atoms with Gasteiger partial charge in [0.05, 0.1) is 10.0 Å². The van der Waals surface area contributed by atoms with E-state index in [4.69, 9.17) is 23.2 Å². The first-order valence-electron chi connectivity index (χ1n) is 7.34. The fraction of sp³-hybridized carbons (Fsp3) is 0.188. The monoisotopic (exact) mass is 364 g/mol. The minimum Gasteiger partial charge on any atom is -0.352 e. The predicted octanol–water partition coefficient (Wildman–Crippen LogP) is 2.62. The van der Waals surface area contributed by atoms with Crippen LogP contribution in [0.25, 0.3) is 5.65 Å². The van der Waals surface area contributed by atoms with E-state index < -0.39 is 0 Å². The van der Waals surface area contributed by atoms with Crippen LogP contribution in [0.1, 0.15) is 16.8 Å². The first kappa shape index (κ1) is 16.5. The molecular weight excluding hydrogens is 351 g/mol. The molecule has 0 saturated carbocycles. The van der Waals surface area contributed by atoms with E-state index in [2.05, 4.69) is 10.4 Å². The zero-order valence-electron chi connectivity index (χ0n) is 12.6. The molecule has 0 bridgehead atoms. The Kier molecular flexibility index (Phi) is 4.87. The molecule has 124 valence electrons. The molecule has 3 aromatic rings. The molecule has 8 heteroatoms. The maximum Gasteiger partial charge on any atom is 0.350 e. The van der Waals surface area contributed by atoms with Crippen molar-refractivity contribution in [2.75, 3.05) is 6.54 Å². The fourth-order valence-electron chi connectivity index (χ4n) is 2.28. The van der Waals surface area contributed by atoms with Crippen molar-refractivity contribution in [1.82, 2.24) is 19.5 Å². The number of pyridine rings is 1. The molecule has 24 heavy (non-hydrogen) atoms. The van der Waals surface area contributed by atoms with Crippen LogP contribution in [0.5, 0.6) is 0 Å². The molecule has 1 N–H and O–H groups in total. The summed E-state index contributed by atoms with van der Waals surface area (Å²) in [5, 5.41) is 7.75. The fourth-order valence-corrected chi connectivity index (χ4v) is 2.58. The van der Waals surface area contributed by atoms with Gasteiger partial charge in [-0.3, -0.25) is 9.20 Å². The second kappa shape index (κ2) is 7.07. The van der Waals surface area contributed by atoms with Gasteiger partial charge >= 0.3 is 5.69 Å². The molecule has 0 fully saturated rings. The summed E-state index contributed by atoms with van der Waals surface area (Å²) in [4.78, 5) is 24.1. The molecule has 0 spiro atoms. The highest BCUT2D eigenvalue weighted by molar-refractivity contribution is 6.42. The first-order chi connectivity index (χ1) is 11.6. The van der Waals surface area contributed by atoms with Crippen LogP contribution < -0.4 is 11.0 Å². The quantitative estimate of drug-likeness (QED) is 0.707. The second-order valence-corrected chi connectivity index (χ2v) is 5.99. The average molecular weight is 365 g/mol. The molecule has 2 heterocycles. The van der Waals surface area contributed by atoms with Crippen LogP contribution in [0.3, 0.4) is 0 Å². The number of carbonyl (C=O) groups excluding carboxylic acids is 1. The van der Waals surface area contributed by atoms with E-state index in [0.29, 0.717) is 40.8 Å². The lowest BCUT2D eigenvalue weighted by atomic mass is 10.2. The number of halogens is 2. The van der Waals surface area contributed by atoms with Crippen molar-refractivity contribution in [3.63, 3.8) is 0 Å². The van der Waals surface area contributed by atoms with Crippen molar-refractivity contribution >= 4 is 34.8 Å². The number of amides is 1. The third-order valence-electron chi connectivity index (χ3n) is 3.50. The lowest BCUT2D eigenvalue weighted by Gasteiger charge is -2.06. The number of rotatable bonds is 5. The Hall–Kier alpha value is -2.31. The van der Waals surface area contributed by atoms with Crippen LogP contribution >= 0.6 is 23.2 Å². The number of nitrogens with zero attached hydrogens (tertiary/aromatic N) is 3. The number of aromatic nitrogens is 3. The summed E-state index contributed by atoms with van der Waals surface area (Å²) in [6.07, 6.45) is 2.25. The van der Waals surface area contributed by atoms with E-state index in [0.717, 1.165) is 0 Å². The third kappa shape index (κ3) is 3.44. The molecule has 2 aromatic heterocycles. The lowest BCUT2D eigenvalue weighted by Crippen LogP contribution is -2.27. The molecule has 0 aliphatic heterocycles. The normalized spacial score (nSPS) is 10.9. The molecule has 1 amide bonds. The van der Waals surface area contributed by atoms with E-state index in [1.807, 2.05) is 6.07 Å². The van der Waals surface area contributed by atoms with Gasteiger partial charge in [0.25, 0.3) is 5.91 Å². The topological polar surface area (TPSA) is 68.4 Å². The minimum atomic E-state index is -0.240. The van der Waals surface area contributed by atoms with Crippen LogP contribution in [-0.4, -0.2) is 26.6 Å². The number of nitrogens with one attached hydrogen (secondary N) is 1. The van der Waals surface area contributed by atoms with Gasteiger partial charge in [0.2, 0.25) is 0 Å². The number of fused-ring (bicyclic) bond motifs is 1. The molecule has 0 radical (unpaired) electrons. The Morgan fingerprint density at radius 3 is 2.75 bits per heavy atom.